The Kier molecular flexibility index (Phi) is 3.72. The molecule has 0 amide bonds. The first-order valence-corrected chi connectivity index (χ1v) is 4.91. The lowest BCUT2D eigenvalue weighted by Crippen LogP contribution is -2.03. The second-order valence-electron chi connectivity index (χ2n) is 3.73. The first-order valence-electron chi connectivity index (χ1n) is 4.91. The van der Waals surface area contributed by atoms with Gasteiger partial charge in [0.2, 0.25) is 0 Å². The number of aliphatic carboxylic acids is 1. The van der Waals surface area contributed by atoms with Gasteiger partial charge < -0.3 is 9.84 Å². The molecule has 1 aromatic carbocycles. The van der Waals surface area contributed by atoms with Gasteiger partial charge >= 0.3 is 5.97 Å². The number of benzene rings is 1. The van der Waals surface area contributed by atoms with Crippen molar-refractivity contribution in [3.63, 3.8) is 0 Å². The highest BCUT2D eigenvalue weighted by atomic mass is 16.5. The summed E-state index contributed by atoms with van der Waals surface area (Å²) in [6.45, 7) is 3.87. The maximum Gasteiger partial charge on any atom is 0.303 e. The van der Waals surface area contributed by atoms with E-state index in [4.69, 9.17) is 9.84 Å². The van der Waals surface area contributed by atoms with E-state index in [-0.39, 0.29) is 12.3 Å². The molecule has 0 fully saturated rings. The van der Waals surface area contributed by atoms with Crippen molar-refractivity contribution in [3.05, 3.63) is 29.3 Å². The molecular formula is C12H16O3. The van der Waals surface area contributed by atoms with Gasteiger partial charge in [-0.2, -0.15) is 0 Å². The molecule has 0 saturated carbocycles. The Labute approximate surface area is 89.7 Å². The summed E-state index contributed by atoms with van der Waals surface area (Å²) in [6.07, 6.45) is 0.159. The average molecular weight is 208 g/mol. The Hall–Kier alpha value is -1.51. The van der Waals surface area contributed by atoms with Crippen LogP contribution in [0.2, 0.25) is 0 Å². The van der Waals surface area contributed by atoms with Crippen LogP contribution in [0.5, 0.6) is 5.75 Å². The van der Waals surface area contributed by atoms with Crippen molar-refractivity contribution in [2.75, 3.05) is 7.11 Å². The van der Waals surface area contributed by atoms with Gasteiger partial charge in [-0.05, 0) is 30.0 Å². The van der Waals surface area contributed by atoms with E-state index in [2.05, 4.69) is 0 Å². The average Bonchev–Trinajstić information content (AvgIpc) is 2.16. The predicted octanol–water partition coefficient (Wildman–Crippen LogP) is 2.58. The van der Waals surface area contributed by atoms with Crippen molar-refractivity contribution in [2.24, 2.45) is 0 Å². The van der Waals surface area contributed by atoms with Crippen molar-refractivity contribution in [1.82, 2.24) is 0 Å². The molecule has 0 unspecified atom stereocenters. The van der Waals surface area contributed by atoms with Gasteiger partial charge in [0.05, 0.1) is 13.5 Å². The summed E-state index contributed by atoms with van der Waals surface area (Å²) in [7, 11) is 1.63. The zero-order valence-electron chi connectivity index (χ0n) is 9.28. The molecule has 0 aliphatic rings. The number of rotatable bonds is 4. The largest absolute Gasteiger partial charge is 0.496 e. The van der Waals surface area contributed by atoms with Gasteiger partial charge in [-0.1, -0.05) is 19.1 Å². The normalized spacial score (nSPS) is 12.2. The molecule has 3 nitrogen and oxygen atoms in total. The van der Waals surface area contributed by atoms with Gasteiger partial charge in [-0.25, -0.2) is 0 Å². The maximum atomic E-state index is 10.6. The number of carboxylic acids is 1. The number of hydrogen-bond acceptors (Lipinski definition) is 2. The third kappa shape index (κ3) is 2.98. The summed E-state index contributed by atoms with van der Waals surface area (Å²) in [5.74, 6) is 0.101. The highest BCUT2D eigenvalue weighted by Gasteiger charge is 2.11. The van der Waals surface area contributed by atoms with Crippen LogP contribution < -0.4 is 4.74 Å². The van der Waals surface area contributed by atoms with Crippen molar-refractivity contribution < 1.29 is 14.6 Å². The van der Waals surface area contributed by atoms with Gasteiger partial charge in [0, 0.05) is 0 Å². The molecule has 0 spiro atoms. The van der Waals surface area contributed by atoms with Crippen molar-refractivity contribution >= 4 is 5.97 Å². The van der Waals surface area contributed by atoms with Crippen LogP contribution in [-0.2, 0) is 4.79 Å². The summed E-state index contributed by atoms with van der Waals surface area (Å²) in [5, 5.41) is 8.69. The smallest absolute Gasteiger partial charge is 0.303 e. The van der Waals surface area contributed by atoms with Crippen LogP contribution in [-0.4, -0.2) is 18.2 Å². The van der Waals surface area contributed by atoms with E-state index in [1.165, 1.54) is 0 Å². The summed E-state index contributed by atoms with van der Waals surface area (Å²) in [4.78, 5) is 10.6. The quantitative estimate of drug-likeness (QED) is 0.827. The van der Waals surface area contributed by atoms with Crippen LogP contribution in [0.4, 0.5) is 0 Å². The molecule has 0 aliphatic heterocycles. The molecule has 0 bridgehead atoms. The lowest BCUT2D eigenvalue weighted by atomic mass is 9.96. The van der Waals surface area contributed by atoms with E-state index in [0.29, 0.717) is 0 Å². The van der Waals surface area contributed by atoms with Crippen LogP contribution in [0.3, 0.4) is 0 Å². The SMILES string of the molecule is COc1ccc([C@@H](C)CC(=O)O)cc1C. The van der Waals surface area contributed by atoms with E-state index in [1.54, 1.807) is 7.11 Å². The van der Waals surface area contributed by atoms with E-state index in [9.17, 15) is 4.79 Å². The van der Waals surface area contributed by atoms with Crippen LogP contribution in [0.15, 0.2) is 18.2 Å². The minimum Gasteiger partial charge on any atom is -0.496 e. The number of carbonyl (C=O) groups is 1. The first-order chi connectivity index (χ1) is 7.04. The molecule has 0 radical (unpaired) electrons. The van der Waals surface area contributed by atoms with Gasteiger partial charge in [0.15, 0.2) is 0 Å². The Balaban J connectivity index is 2.87. The fraction of sp³-hybridized carbons (Fsp3) is 0.417. The Morgan fingerprint density at radius 1 is 1.53 bits per heavy atom. The fourth-order valence-corrected chi connectivity index (χ4v) is 1.59. The highest BCUT2D eigenvalue weighted by Crippen LogP contribution is 2.25. The molecule has 0 aliphatic carbocycles. The lowest BCUT2D eigenvalue weighted by molar-refractivity contribution is -0.137. The van der Waals surface area contributed by atoms with Crippen LogP contribution in [0.1, 0.15) is 30.4 Å². The molecule has 1 aromatic rings. The van der Waals surface area contributed by atoms with Gasteiger partial charge in [0.1, 0.15) is 5.75 Å². The maximum absolute atomic E-state index is 10.6. The van der Waals surface area contributed by atoms with Crippen LogP contribution >= 0.6 is 0 Å². The van der Waals surface area contributed by atoms with Crippen molar-refractivity contribution in [2.45, 2.75) is 26.2 Å². The monoisotopic (exact) mass is 208 g/mol. The summed E-state index contributed by atoms with van der Waals surface area (Å²) in [5.41, 5.74) is 2.07. The molecule has 1 rings (SSSR count). The molecular weight excluding hydrogens is 192 g/mol. The molecule has 0 saturated heterocycles. The Morgan fingerprint density at radius 3 is 2.67 bits per heavy atom. The second kappa shape index (κ2) is 4.82. The number of carboxylic acid groups (broad SMARTS) is 1. The molecule has 1 N–H and O–H groups in total. The standard InChI is InChI=1S/C12H16O3/c1-8(7-12(13)14)10-4-5-11(15-3)9(2)6-10/h4-6,8H,7H2,1-3H3,(H,13,14)/t8-/m0/s1. The molecule has 0 aromatic heterocycles. The molecule has 82 valence electrons. The van der Waals surface area contributed by atoms with E-state index in [0.717, 1.165) is 16.9 Å². The summed E-state index contributed by atoms with van der Waals surface area (Å²) in [6, 6.07) is 5.77. The zero-order chi connectivity index (χ0) is 11.4. The second-order valence-corrected chi connectivity index (χ2v) is 3.73. The molecule has 3 heteroatoms. The van der Waals surface area contributed by atoms with Crippen molar-refractivity contribution in [1.29, 1.82) is 0 Å². The Morgan fingerprint density at radius 2 is 2.20 bits per heavy atom. The van der Waals surface area contributed by atoms with Crippen molar-refractivity contribution in [3.8, 4) is 5.75 Å². The fourth-order valence-electron chi connectivity index (χ4n) is 1.59. The number of aryl methyl sites for hydroxylation is 1. The Bertz CT molecular complexity index is 358. The van der Waals surface area contributed by atoms with Gasteiger partial charge in [-0.15, -0.1) is 0 Å². The predicted molar refractivity (Wildman–Crippen MR) is 58.4 cm³/mol. The zero-order valence-corrected chi connectivity index (χ0v) is 9.28. The third-order valence-corrected chi connectivity index (χ3v) is 2.47. The van der Waals surface area contributed by atoms with Gasteiger partial charge in [-0.3, -0.25) is 4.79 Å². The first kappa shape index (κ1) is 11.6. The molecule has 1 atom stereocenters. The number of hydrogen-bond donors (Lipinski definition) is 1. The number of ether oxygens (including phenoxy) is 1. The highest BCUT2D eigenvalue weighted by molar-refractivity contribution is 5.68. The van der Waals surface area contributed by atoms with E-state index in [1.807, 2.05) is 32.0 Å². The van der Waals surface area contributed by atoms with E-state index < -0.39 is 5.97 Å². The minimum atomic E-state index is -0.768. The summed E-state index contributed by atoms with van der Waals surface area (Å²) < 4.78 is 5.14. The lowest BCUT2D eigenvalue weighted by Gasteiger charge is -2.12. The number of methoxy groups -OCH3 is 1. The van der Waals surface area contributed by atoms with Crippen LogP contribution in [0, 0.1) is 6.92 Å². The molecule has 15 heavy (non-hydrogen) atoms. The van der Waals surface area contributed by atoms with E-state index >= 15 is 0 Å². The van der Waals surface area contributed by atoms with Gasteiger partial charge in [0.25, 0.3) is 0 Å². The summed E-state index contributed by atoms with van der Waals surface area (Å²) >= 11 is 0. The third-order valence-electron chi connectivity index (χ3n) is 2.47. The minimum absolute atomic E-state index is 0.0344. The topological polar surface area (TPSA) is 46.5 Å². The molecule has 0 heterocycles. The van der Waals surface area contributed by atoms with Crippen LogP contribution in [0.25, 0.3) is 0 Å².